The number of hydrogen-bond acceptors (Lipinski definition) is 6. The summed E-state index contributed by atoms with van der Waals surface area (Å²) in [5.74, 6) is 0.953. The number of ether oxygens (including phenoxy) is 1. The van der Waals surface area contributed by atoms with E-state index in [1.54, 1.807) is 48.5 Å². The molecule has 2 aromatic carbocycles. The summed E-state index contributed by atoms with van der Waals surface area (Å²) in [6.45, 7) is 2.25. The molecule has 0 aliphatic heterocycles. The molecule has 124 valence electrons. The molecule has 0 saturated heterocycles. The van der Waals surface area contributed by atoms with E-state index >= 15 is 0 Å². The molecule has 1 heterocycles. The Hall–Kier alpha value is -3.24. The number of carbonyl (C=O) groups excluding carboxylic acids is 1. The van der Waals surface area contributed by atoms with E-state index in [4.69, 9.17) is 10.00 Å². The van der Waals surface area contributed by atoms with Crippen LogP contribution in [0.4, 0.5) is 0 Å². The first kappa shape index (κ1) is 16.6. The molecule has 1 amide bonds. The van der Waals surface area contributed by atoms with E-state index in [1.165, 1.54) is 11.5 Å². The Balaban J connectivity index is 1.66. The number of nitrogens with one attached hydrogen (secondary N) is 1. The van der Waals surface area contributed by atoms with E-state index in [2.05, 4.69) is 21.0 Å². The smallest absolute Gasteiger partial charge is 0.251 e. The summed E-state index contributed by atoms with van der Waals surface area (Å²) in [5, 5.41) is 15.6. The zero-order valence-electron chi connectivity index (χ0n) is 13.4. The fraction of sp³-hybridized carbons (Fsp3) is 0.111. The molecule has 0 aliphatic carbocycles. The summed E-state index contributed by atoms with van der Waals surface area (Å²) in [7, 11) is 0. The van der Waals surface area contributed by atoms with Crippen LogP contribution in [-0.2, 0) is 6.54 Å². The highest BCUT2D eigenvalue weighted by atomic mass is 32.1. The molecule has 0 saturated carbocycles. The van der Waals surface area contributed by atoms with Crippen LogP contribution in [0, 0.1) is 18.3 Å². The predicted molar refractivity (Wildman–Crippen MR) is 93.5 cm³/mol. The van der Waals surface area contributed by atoms with Crippen molar-refractivity contribution >= 4 is 17.4 Å². The van der Waals surface area contributed by atoms with Gasteiger partial charge in [0.25, 0.3) is 5.91 Å². The average molecular weight is 350 g/mol. The highest BCUT2D eigenvalue weighted by Gasteiger charge is 2.09. The molecule has 25 heavy (non-hydrogen) atoms. The van der Waals surface area contributed by atoms with Gasteiger partial charge in [0, 0.05) is 5.56 Å². The Bertz CT molecular complexity index is 929. The Labute approximate surface area is 148 Å². The van der Waals surface area contributed by atoms with Gasteiger partial charge in [0.15, 0.2) is 0 Å². The van der Waals surface area contributed by atoms with Crippen LogP contribution in [0.1, 0.15) is 26.5 Å². The lowest BCUT2D eigenvalue weighted by molar-refractivity contribution is 0.0951. The summed E-state index contributed by atoms with van der Waals surface area (Å²) < 4.78 is 9.58. The van der Waals surface area contributed by atoms with Gasteiger partial charge in [0.05, 0.1) is 28.7 Å². The first-order chi connectivity index (χ1) is 12.2. The monoisotopic (exact) mass is 350 g/mol. The molecule has 0 aliphatic rings. The third-order valence-corrected chi connectivity index (χ3v) is 4.29. The van der Waals surface area contributed by atoms with Crippen molar-refractivity contribution in [2.45, 2.75) is 13.5 Å². The summed E-state index contributed by atoms with van der Waals surface area (Å²) in [4.78, 5) is 13.2. The van der Waals surface area contributed by atoms with Gasteiger partial charge in [-0.15, -0.1) is 5.10 Å². The summed E-state index contributed by atoms with van der Waals surface area (Å²) in [6, 6.07) is 15.8. The standard InChI is InChI=1S/C18H14N4O2S/c1-12-17(25-22-21-12)11-20-18(23)14-3-2-4-16(9-14)24-15-7-5-13(10-19)6-8-15/h2-9H,11H2,1H3,(H,20,23). The van der Waals surface area contributed by atoms with Gasteiger partial charge in [-0.05, 0) is 60.9 Å². The van der Waals surface area contributed by atoms with Crippen LogP contribution in [0.25, 0.3) is 0 Å². The molecule has 3 aromatic rings. The minimum Gasteiger partial charge on any atom is -0.457 e. The van der Waals surface area contributed by atoms with Crippen LogP contribution in [0.15, 0.2) is 48.5 Å². The van der Waals surface area contributed by atoms with Gasteiger partial charge in [-0.1, -0.05) is 10.6 Å². The molecule has 1 aromatic heterocycles. The number of carbonyl (C=O) groups is 1. The van der Waals surface area contributed by atoms with Crippen molar-refractivity contribution in [3.05, 3.63) is 70.2 Å². The fourth-order valence-electron chi connectivity index (χ4n) is 2.11. The number of nitrogens with zero attached hydrogens (tertiary/aromatic N) is 3. The Morgan fingerprint density at radius 1 is 1.24 bits per heavy atom. The van der Waals surface area contributed by atoms with E-state index in [-0.39, 0.29) is 5.91 Å². The van der Waals surface area contributed by atoms with Gasteiger partial charge in [-0.3, -0.25) is 4.79 Å². The number of rotatable bonds is 5. The van der Waals surface area contributed by atoms with Crippen LogP contribution in [0.2, 0.25) is 0 Å². The molecule has 0 atom stereocenters. The summed E-state index contributed by atoms with van der Waals surface area (Å²) >= 11 is 1.27. The zero-order chi connectivity index (χ0) is 17.6. The van der Waals surface area contributed by atoms with Crippen LogP contribution in [0.5, 0.6) is 11.5 Å². The maximum atomic E-state index is 12.3. The minimum absolute atomic E-state index is 0.196. The van der Waals surface area contributed by atoms with Gasteiger partial charge in [0.2, 0.25) is 0 Å². The van der Waals surface area contributed by atoms with Crippen LogP contribution in [0.3, 0.4) is 0 Å². The molecule has 0 bridgehead atoms. The predicted octanol–water partition coefficient (Wildman–Crippen LogP) is 3.44. The quantitative estimate of drug-likeness (QED) is 0.761. The highest BCUT2D eigenvalue weighted by molar-refractivity contribution is 7.05. The lowest BCUT2D eigenvalue weighted by Crippen LogP contribution is -2.22. The van der Waals surface area contributed by atoms with E-state index in [1.807, 2.05) is 6.92 Å². The van der Waals surface area contributed by atoms with Crippen molar-refractivity contribution in [3.8, 4) is 17.6 Å². The van der Waals surface area contributed by atoms with Gasteiger partial charge in [0.1, 0.15) is 11.5 Å². The van der Waals surface area contributed by atoms with Crippen LogP contribution >= 0.6 is 11.5 Å². The van der Waals surface area contributed by atoms with Crippen LogP contribution < -0.4 is 10.1 Å². The van der Waals surface area contributed by atoms with E-state index in [9.17, 15) is 4.79 Å². The number of hydrogen-bond donors (Lipinski definition) is 1. The average Bonchev–Trinajstić information content (AvgIpc) is 3.05. The zero-order valence-corrected chi connectivity index (χ0v) is 14.2. The molecule has 0 radical (unpaired) electrons. The maximum absolute atomic E-state index is 12.3. The maximum Gasteiger partial charge on any atom is 0.251 e. The number of nitriles is 1. The highest BCUT2D eigenvalue weighted by Crippen LogP contribution is 2.22. The molecule has 6 nitrogen and oxygen atoms in total. The Kier molecular flexibility index (Phi) is 5.02. The Morgan fingerprint density at radius 3 is 2.72 bits per heavy atom. The molecule has 0 unspecified atom stereocenters. The van der Waals surface area contributed by atoms with Crippen molar-refractivity contribution in [1.29, 1.82) is 5.26 Å². The second-order valence-electron chi connectivity index (χ2n) is 5.23. The first-order valence-corrected chi connectivity index (χ1v) is 8.27. The minimum atomic E-state index is -0.196. The van der Waals surface area contributed by atoms with Gasteiger partial charge in [-0.25, -0.2) is 0 Å². The SMILES string of the molecule is Cc1nnsc1CNC(=O)c1cccc(Oc2ccc(C#N)cc2)c1. The number of benzene rings is 2. The third kappa shape index (κ3) is 4.19. The molecule has 0 fully saturated rings. The topological polar surface area (TPSA) is 87.9 Å². The number of aryl methyl sites for hydroxylation is 1. The lowest BCUT2D eigenvalue weighted by atomic mass is 10.2. The normalized spacial score (nSPS) is 10.1. The number of amides is 1. The van der Waals surface area contributed by atoms with Crippen molar-refractivity contribution < 1.29 is 9.53 Å². The first-order valence-electron chi connectivity index (χ1n) is 7.50. The molecular formula is C18H14N4O2S. The molecule has 1 N–H and O–H groups in total. The van der Waals surface area contributed by atoms with E-state index in [0.717, 1.165) is 10.6 Å². The Morgan fingerprint density at radius 2 is 2.04 bits per heavy atom. The number of aromatic nitrogens is 2. The molecular weight excluding hydrogens is 336 g/mol. The molecule has 3 rings (SSSR count). The summed E-state index contributed by atoms with van der Waals surface area (Å²) in [6.07, 6.45) is 0. The second-order valence-corrected chi connectivity index (χ2v) is 6.07. The summed E-state index contributed by atoms with van der Waals surface area (Å²) in [5.41, 5.74) is 1.89. The van der Waals surface area contributed by atoms with Crippen molar-refractivity contribution in [2.24, 2.45) is 0 Å². The van der Waals surface area contributed by atoms with Gasteiger partial charge < -0.3 is 10.1 Å². The molecule has 0 spiro atoms. The second kappa shape index (κ2) is 7.55. The largest absolute Gasteiger partial charge is 0.457 e. The van der Waals surface area contributed by atoms with Gasteiger partial charge >= 0.3 is 0 Å². The van der Waals surface area contributed by atoms with Crippen molar-refractivity contribution in [2.75, 3.05) is 0 Å². The lowest BCUT2D eigenvalue weighted by Gasteiger charge is -2.08. The van der Waals surface area contributed by atoms with Crippen LogP contribution in [-0.4, -0.2) is 15.5 Å². The van der Waals surface area contributed by atoms with E-state index in [0.29, 0.717) is 29.2 Å². The van der Waals surface area contributed by atoms with Crippen molar-refractivity contribution in [1.82, 2.24) is 14.9 Å². The van der Waals surface area contributed by atoms with E-state index < -0.39 is 0 Å². The fourth-order valence-corrected chi connectivity index (χ4v) is 2.68. The van der Waals surface area contributed by atoms with Crippen molar-refractivity contribution in [3.63, 3.8) is 0 Å². The third-order valence-electron chi connectivity index (χ3n) is 3.47. The van der Waals surface area contributed by atoms with Gasteiger partial charge in [-0.2, -0.15) is 5.26 Å². The molecule has 7 heteroatoms.